The van der Waals surface area contributed by atoms with Gasteiger partial charge in [0.2, 0.25) is 0 Å². The van der Waals surface area contributed by atoms with E-state index in [0.717, 1.165) is 6.07 Å². The van der Waals surface area contributed by atoms with E-state index in [-0.39, 0.29) is 23.5 Å². The van der Waals surface area contributed by atoms with Crippen LogP contribution in [0.15, 0.2) is 36.4 Å². The molecule has 0 unspecified atom stereocenters. The van der Waals surface area contributed by atoms with Crippen molar-refractivity contribution < 1.29 is 23.1 Å². The SMILES string of the molecule is CCn1c(C(=O)O)ccc1-c1ccccc1C(F)(F)F. The minimum absolute atomic E-state index is 0.0191. The van der Waals surface area contributed by atoms with Crippen molar-refractivity contribution in [3.8, 4) is 11.3 Å². The fourth-order valence-electron chi connectivity index (χ4n) is 2.18. The Labute approximate surface area is 113 Å². The number of aromatic carboxylic acids is 1. The average Bonchev–Trinajstić information content (AvgIpc) is 2.81. The van der Waals surface area contributed by atoms with E-state index < -0.39 is 17.7 Å². The molecule has 20 heavy (non-hydrogen) atoms. The molecule has 0 radical (unpaired) electrons. The number of rotatable bonds is 3. The van der Waals surface area contributed by atoms with Gasteiger partial charge >= 0.3 is 12.1 Å². The zero-order valence-electron chi connectivity index (χ0n) is 10.6. The minimum atomic E-state index is -4.48. The maximum atomic E-state index is 13.0. The first kappa shape index (κ1) is 14.2. The van der Waals surface area contributed by atoms with Gasteiger partial charge in [0.05, 0.1) is 5.56 Å². The summed E-state index contributed by atoms with van der Waals surface area (Å²) in [6.45, 7) is 1.96. The summed E-state index contributed by atoms with van der Waals surface area (Å²) in [7, 11) is 0. The van der Waals surface area contributed by atoms with E-state index >= 15 is 0 Å². The second kappa shape index (κ2) is 5.03. The van der Waals surface area contributed by atoms with Crippen LogP contribution in [0.25, 0.3) is 11.3 Å². The van der Waals surface area contributed by atoms with Crippen molar-refractivity contribution in [2.75, 3.05) is 0 Å². The van der Waals surface area contributed by atoms with Crippen molar-refractivity contribution in [1.82, 2.24) is 4.57 Å². The zero-order valence-corrected chi connectivity index (χ0v) is 10.6. The smallest absolute Gasteiger partial charge is 0.417 e. The number of carboxylic acid groups (broad SMARTS) is 1. The highest BCUT2D eigenvalue weighted by Gasteiger charge is 2.34. The lowest BCUT2D eigenvalue weighted by atomic mass is 10.0. The molecule has 0 bridgehead atoms. The summed E-state index contributed by atoms with van der Waals surface area (Å²) < 4.78 is 40.4. The van der Waals surface area contributed by atoms with Gasteiger partial charge in [0.15, 0.2) is 0 Å². The van der Waals surface area contributed by atoms with Crippen LogP contribution in [-0.2, 0) is 12.7 Å². The van der Waals surface area contributed by atoms with Crippen LogP contribution in [-0.4, -0.2) is 15.6 Å². The molecule has 1 aromatic carbocycles. The van der Waals surface area contributed by atoms with Gasteiger partial charge in [0.1, 0.15) is 5.69 Å². The third-order valence-electron chi connectivity index (χ3n) is 3.02. The zero-order chi connectivity index (χ0) is 14.9. The molecule has 0 aliphatic heterocycles. The van der Waals surface area contributed by atoms with E-state index in [1.54, 1.807) is 6.92 Å². The van der Waals surface area contributed by atoms with Crippen LogP contribution >= 0.6 is 0 Å². The first-order valence-electron chi connectivity index (χ1n) is 5.95. The number of hydrogen-bond acceptors (Lipinski definition) is 1. The topological polar surface area (TPSA) is 42.2 Å². The molecule has 0 spiro atoms. The molecule has 2 rings (SSSR count). The monoisotopic (exact) mass is 283 g/mol. The number of carbonyl (C=O) groups is 1. The van der Waals surface area contributed by atoms with Gasteiger partial charge in [0.25, 0.3) is 0 Å². The summed E-state index contributed by atoms with van der Waals surface area (Å²) in [5.74, 6) is -1.16. The highest BCUT2D eigenvalue weighted by molar-refractivity contribution is 5.87. The maximum absolute atomic E-state index is 13.0. The van der Waals surface area contributed by atoms with E-state index in [1.807, 2.05) is 0 Å². The molecule has 1 N–H and O–H groups in total. The molecule has 6 heteroatoms. The van der Waals surface area contributed by atoms with Crippen LogP contribution in [0.3, 0.4) is 0 Å². The number of halogens is 3. The molecule has 1 aromatic heterocycles. The summed E-state index contributed by atoms with van der Waals surface area (Å²) in [4.78, 5) is 11.1. The van der Waals surface area contributed by atoms with Crippen molar-refractivity contribution in [2.45, 2.75) is 19.6 Å². The maximum Gasteiger partial charge on any atom is 0.417 e. The largest absolute Gasteiger partial charge is 0.477 e. The standard InChI is InChI=1S/C14H12F3NO2/c1-2-18-11(7-8-12(18)13(19)20)9-5-3-4-6-10(9)14(15,16)17/h3-8H,2H2,1H3,(H,19,20). The number of nitrogens with zero attached hydrogens (tertiary/aromatic N) is 1. The van der Waals surface area contributed by atoms with Gasteiger partial charge in [-0.15, -0.1) is 0 Å². The van der Waals surface area contributed by atoms with E-state index in [4.69, 9.17) is 5.11 Å². The Bertz CT molecular complexity index is 644. The van der Waals surface area contributed by atoms with Gasteiger partial charge < -0.3 is 9.67 Å². The Kier molecular flexibility index (Phi) is 3.57. The predicted octanol–water partition coefficient (Wildman–Crippen LogP) is 3.89. The van der Waals surface area contributed by atoms with Gasteiger partial charge in [-0.2, -0.15) is 13.2 Å². The number of carboxylic acids is 1. The number of aromatic nitrogens is 1. The predicted molar refractivity (Wildman–Crippen MR) is 67.5 cm³/mol. The van der Waals surface area contributed by atoms with Gasteiger partial charge in [-0.1, -0.05) is 18.2 Å². The number of benzene rings is 1. The third-order valence-corrected chi connectivity index (χ3v) is 3.02. The lowest BCUT2D eigenvalue weighted by Crippen LogP contribution is -2.11. The highest BCUT2D eigenvalue weighted by atomic mass is 19.4. The molecule has 0 aliphatic carbocycles. The average molecular weight is 283 g/mol. The van der Waals surface area contributed by atoms with Gasteiger partial charge in [-0.25, -0.2) is 4.79 Å². The van der Waals surface area contributed by atoms with Crippen molar-refractivity contribution >= 4 is 5.97 Å². The highest BCUT2D eigenvalue weighted by Crippen LogP contribution is 2.37. The van der Waals surface area contributed by atoms with Crippen molar-refractivity contribution in [1.29, 1.82) is 0 Å². The van der Waals surface area contributed by atoms with Crippen LogP contribution < -0.4 is 0 Å². The molecule has 0 atom stereocenters. The molecule has 1 heterocycles. The summed E-state index contributed by atoms with van der Waals surface area (Å²) in [6, 6.07) is 7.85. The molecule has 0 amide bonds. The molecular weight excluding hydrogens is 271 g/mol. The fraction of sp³-hybridized carbons (Fsp3) is 0.214. The van der Waals surface area contributed by atoms with Gasteiger partial charge in [0, 0.05) is 17.8 Å². The second-order valence-electron chi connectivity index (χ2n) is 4.20. The van der Waals surface area contributed by atoms with Crippen LogP contribution in [0.1, 0.15) is 23.0 Å². The van der Waals surface area contributed by atoms with Crippen molar-refractivity contribution in [3.63, 3.8) is 0 Å². The Balaban J connectivity index is 2.67. The third kappa shape index (κ3) is 2.41. The molecule has 2 aromatic rings. The lowest BCUT2D eigenvalue weighted by molar-refractivity contribution is -0.137. The molecular formula is C14H12F3NO2. The Morgan fingerprint density at radius 1 is 1.20 bits per heavy atom. The normalized spacial score (nSPS) is 11.6. The van der Waals surface area contributed by atoms with Gasteiger partial charge in [-0.05, 0) is 25.1 Å². The summed E-state index contributed by atoms with van der Waals surface area (Å²) in [5, 5.41) is 9.04. The van der Waals surface area contributed by atoms with E-state index in [1.165, 1.54) is 34.9 Å². The minimum Gasteiger partial charge on any atom is -0.477 e. The molecule has 3 nitrogen and oxygen atoms in total. The van der Waals surface area contributed by atoms with E-state index in [2.05, 4.69) is 0 Å². The first-order valence-corrected chi connectivity index (χ1v) is 5.95. The fourth-order valence-corrected chi connectivity index (χ4v) is 2.18. The van der Waals surface area contributed by atoms with E-state index in [9.17, 15) is 18.0 Å². The molecule has 0 aliphatic rings. The number of hydrogen-bond donors (Lipinski definition) is 1. The second-order valence-corrected chi connectivity index (χ2v) is 4.20. The summed E-state index contributed by atoms with van der Waals surface area (Å²) in [6.07, 6.45) is -4.48. The summed E-state index contributed by atoms with van der Waals surface area (Å²) >= 11 is 0. The van der Waals surface area contributed by atoms with Gasteiger partial charge in [-0.3, -0.25) is 0 Å². The van der Waals surface area contributed by atoms with Crippen LogP contribution in [0.2, 0.25) is 0 Å². The molecule has 0 saturated carbocycles. The van der Waals surface area contributed by atoms with Crippen molar-refractivity contribution in [3.05, 3.63) is 47.7 Å². The summed E-state index contributed by atoms with van der Waals surface area (Å²) in [5.41, 5.74) is -0.573. The van der Waals surface area contributed by atoms with Crippen LogP contribution in [0.4, 0.5) is 13.2 Å². The number of alkyl halides is 3. The van der Waals surface area contributed by atoms with Crippen molar-refractivity contribution in [2.24, 2.45) is 0 Å². The Morgan fingerprint density at radius 3 is 2.40 bits per heavy atom. The van der Waals surface area contributed by atoms with Crippen LogP contribution in [0, 0.1) is 0 Å². The Morgan fingerprint density at radius 2 is 1.85 bits per heavy atom. The molecule has 0 fully saturated rings. The molecule has 0 saturated heterocycles. The first-order chi connectivity index (χ1) is 9.36. The quantitative estimate of drug-likeness (QED) is 0.928. The molecule has 106 valence electrons. The van der Waals surface area contributed by atoms with Crippen LogP contribution in [0.5, 0.6) is 0 Å². The lowest BCUT2D eigenvalue weighted by Gasteiger charge is -2.15. The van der Waals surface area contributed by atoms with E-state index in [0.29, 0.717) is 0 Å². The Hall–Kier alpha value is -2.24.